The standard InChI is InChI=1S/C17H24N2O/c1-4-19-17(9-14(3)18-19)11-16(12-20)10-15-7-5-6-13(2)8-15/h5-9,16,20H,4,10-12H2,1-3H3. The van der Waals surface area contributed by atoms with Crippen molar-refractivity contribution in [3.8, 4) is 0 Å². The maximum absolute atomic E-state index is 9.66. The largest absolute Gasteiger partial charge is 0.396 e. The van der Waals surface area contributed by atoms with Crippen LogP contribution in [0, 0.1) is 19.8 Å². The van der Waals surface area contributed by atoms with Gasteiger partial charge in [-0.1, -0.05) is 29.8 Å². The van der Waals surface area contributed by atoms with Crippen LogP contribution >= 0.6 is 0 Å². The fourth-order valence-electron chi connectivity index (χ4n) is 2.71. The van der Waals surface area contributed by atoms with Crippen molar-refractivity contribution in [2.24, 2.45) is 5.92 Å². The van der Waals surface area contributed by atoms with E-state index in [1.165, 1.54) is 16.8 Å². The van der Waals surface area contributed by atoms with E-state index in [1.807, 2.05) is 11.6 Å². The third-order valence-electron chi connectivity index (χ3n) is 3.65. The van der Waals surface area contributed by atoms with E-state index in [4.69, 9.17) is 0 Å². The Morgan fingerprint density at radius 3 is 2.65 bits per heavy atom. The summed E-state index contributed by atoms with van der Waals surface area (Å²) in [5, 5.41) is 14.1. The number of nitrogens with zero attached hydrogens (tertiary/aromatic N) is 2. The molecule has 1 heterocycles. The van der Waals surface area contributed by atoms with E-state index in [2.05, 4.69) is 49.3 Å². The molecule has 3 heteroatoms. The number of aromatic nitrogens is 2. The van der Waals surface area contributed by atoms with Gasteiger partial charge in [0, 0.05) is 18.8 Å². The van der Waals surface area contributed by atoms with Gasteiger partial charge in [-0.2, -0.15) is 5.10 Å². The van der Waals surface area contributed by atoms with E-state index in [9.17, 15) is 5.11 Å². The van der Waals surface area contributed by atoms with Gasteiger partial charge in [-0.15, -0.1) is 0 Å². The molecular weight excluding hydrogens is 248 g/mol. The molecule has 0 saturated carbocycles. The fraction of sp³-hybridized carbons (Fsp3) is 0.471. The average Bonchev–Trinajstić information content (AvgIpc) is 2.78. The number of aliphatic hydroxyl groups is 1. The second-order valence-electron chi connectivity index (χ2n) is 5.54. The van der Waals surface area contributed by atoms with Gasteiger partial charge in [-0.3, -0.25) is 4.68 Å². The third-order valence-corrected chi connectivity index (χ3v) is 3.65. The second-order valence-corrected chi connectivity index (χ2v) is 5.54. The van der Waals surface area contributed by atoms with Crippen LogP contribution in [0.5, 0.6) is 0 Å². The van der Waals surface area contributed by atoms with Crippen LogP contribution in [-0.4, -0.2) is 21.5 Å². The highest BCUT2D eigenvalue weighted by Crippen LogP contribution is 2.16. The predicted octanol–water partition coefficient (Wildman–Crippen LogP) is 2.91. The molecule has 1 aromatic carbocycles. The van der Waals surface area contributed by atoms with Crippen molar-refractivity contribution < 1.29 is 5.11 Å². The average molecular weight is 272 g/mol. The van der Waals surface area contributed by atoms with Gasteiger partial charge >= 0.3 is 0 Å². The Kier molecular flexibility index (Phi) is 4.96. The first-order chi connectivity index (χ1) is 9.62. The normalized spacial score (nSPS) is 12.6. The van der Waals surface area contributed by atoms with Gasteiger partial charge in [0.2, 0.25) is 0 Å². The van der Waals surface area contributed by atoms with Crippen molar-refractivity contribution in [1.82, 2.24) is 9.78 Å². The summed E-state index contributed by atoms with van der Waals surface area (Å²) in [6.45, 7) is 7.31. The lowest BCUT2D eigenvalue weighted by molar-refractivity contribution is 0.223. The van der Waals surface area contributed by atoms with E-state index < -0.39 is 0 Å². The molecule has 0 amide bonds. The Morgan fingerprint density at radius 2 is 2.00 bits per heavy atom. The van der Waals surface area contributed by atoms with E-state index in [0.717, 1.165) is 25.1 Å². The first kappa shape index (κ1) is 14.8. The number of rotatable bonds is 6. The number of hydrogen-bond donors (Lipinski definition) is 1. The predicted molar refractivity (Wildman–Crippen MR) is 81.8 cm³/mol. The summed E-state index contributed by atoms with van der Waals surface area (Å²) >= 11 is 0. The van der Waals surface area contributed by atoms with Crippen LogP contribution in [0.1, 0.15) is 29.4 Å². The molecule has 1 N–H and O–H groups in total. The van der Waals surface area contributed by atoms with Crippen LogP contribution in [0.25, 0.3) is 0 Å². The zero-order valence-corrected chi connectivity index (χ0v) is 12.6. The molecule has 0 aliphatic rings. The Hall–Kier alpha value is -1.61. The lowest BCUT2D eigenvalue weighted by Crippen LogP contribution is -2.16. The molecule has 1 unspecified atom stereocenters. The van der Waals surface area contributed by atoms with Gasteiger partial charge in [0.05, 0.1) is 5.69 Å². The molecule has 0 spiro atoms. The molecule has 0 saturated heterocycles. The molecule has 0 radical (unpaired) electrons. The Bertz CT molecular complexity index is 560. The summed E-state index contributed by atoms with van der Waals surface area (Å²) in [6, 6.07) is 10.7. The smallest absolute Gasteiger partial charge is 0.0596 e. The van der Waals surface area contributed by atoms with Crippen molar-refractivity contribution in [1.29, 1.82) is 0 Å². The third kappa shape index (κ3) is 3.70. The number of benzene rings is 1. The van der Waals surface area contributed by atoms with Crippen molar-refractivity contribution in [2.75, 3.05) is 6.61 Å². The molecule has 108 valence electrons. The number of aliphatic hydroxyl groups excluding tert-OH is 1. The minimum absolute atomic E-state index is 0.210. The van der Waals surface area contributed by atoms with E-state index in [1.54, 1.807) is 0 Å². The summed E-state index contributed by atoms with van der Waals surface area (Å²) in [5.41, 5.74) is 4.84. The molecule has 20 heavy (non-hydrogen) atoms. The lowest BCUT2D eigenvalue weighted by Gasteiger charge is -2.15. The van der Waals surface area contributed by atoms with Crippen LogP contribution in [0.15, 0.2) is 30.3 Å². The molecule has 2 rings (SSSR count). The first-order valence-electron chi connectivity index (χ1n) is 7.32. The molecule has 0 fully saturated rings. The van der Waals surface area contributed by atoms with Crippen molar-refractivity contribution >= 4 is 0 Å². The zero-order valence-electron chi connectivity index (χ0n) is 12.6. The minimum atomic E-state index is 0.210. The van der Waals surface area contributed by atoms with E-state index >= 15 is 0 Å². The van der Waals surface area contributed by atoms with Crippen molar-refractivity contribution in [3.63, 3.8) is 0 Å². The highest BCUT2D eigenvalue weighted by molar-refractivity contribution is 5.23. The van der Waals surface area contributed by atoms with Crippen LogP contribution in [0.4, 0.5) is 0 Å². The van der Waals surface area contributed by atoms with Crippen LogP contribution in [0.2, 0.25) is 0 Å². The summed E-state index contributed by atoms with van der Waals surface area (Å²) in [4.78, 5) is 0. The van der Waals surface area contributed by atoms with Crippen LogP contribution in [-0.2, 0) is 19.4 Å². The fourth-order valence-corrected chi connectivity index (χ4v) is 2.71. The summed E-state index contributed by atoms with van der Waals surface area (Å²) < 4.78 is 2.04. The zero-order chi connectivity index (χ0) is 14.5. The SMILES string of the molecule is CCn1nc(C)cc1CC(CO)Cc1cccc(C)c1. The van der Waals surface area contributed by atoms with Gasteiger partial charge in [-0.25, -0.2) is 0 Å². The summed E-state index contributed by atoms with van der Waals surface area (Å²) in [6.07, 6.45) is 1.78. The van der Waals surface area contributed by atoms with Crippen LogP contribution in [0.3, 0.4) is 0 Å². The molecular formula is C17H24N2O. The first-order valence-corrected chi connectivity index (χ1v) is 7.32. The summed E-state index contributed by atoms with van der Waals surface area (Å²) in [5.74, 6) is 0.248. The maximum atomic E-state index is 9.66. The van der Waals surface area contributed by atoms with Gasteiger partial charge in [-0.05, 0) is 51.2 Å². The number of hydrogen-bond acceptors (Lipinski definition) is 2. The molecule has 0 aliphatic carbocycles. The van der Waals surface area contributed by atoms with Gasteiger partial charge < -0.3 is 5.11 Å². The quantitative estimate of drug-likeness (QED) is 0.878. The van der Waals surface area contributed by atoms with Crippen LogP contribution < -0.4 is 0 Å². The van der Waals surface area contributed by atoms with Crippen molar-refractivity contribution in [2.45, 2.75) is 40.2 Å². The topological polar surface area (TPSA) is 38.0 Å². The molecule has 0 aliphatic heterocycles. The minimum Gasteiger partial charge on any atom is -0.396 e. The highest BCUT2D eigenvalue weighted by Gasteiger charge is 2.13. The van der Waals surface area contributed by atoms with Gasteiger partial charge in [0.1, 0.15) is 0 Å². The van der Waals surface area contributed by atoms with Gasteiger partial charge in [0.25, 0.3) is 0 Å². The molecule has 0 bridgehead atoms. The molecule has 1 aromatic heterocycles. The Labute approximate surface area is 121 Å². The summed E-state index contributed by atoms with van der Waals surface area (Å²) in [7, 11) is 0. The highest BCUT2D eigenvalue weighted by atomic mass is 16.3. The number of aryl methyl sites for hydroxylation is 3. The monoisotopic (exact) mass is 272 g/mol. The van der Waals surface area contributed by atoms with E-state index in [-0.39, 0.29) is 12.5 Å². The van der Waals surface area contributed by atoms with Gasteiger partial charge in [0.15, 0.2) is 0 Å². The van der Waals surface area contributed by atoms with E-state index in [0.29, 0.717) is 0 Å². The lowest BCUT2D eigenvalue weighted by atomic mass is 9.94. The molecule has 3 nitrogen and oxygen atoms in total. The van der Waals surface area contributed by atoms with Crippen molar-refractivity contribution in [3.05, 3.63) is 52.8 Å². The Morgan fingerprint density at radius 1 is 1.20 bits per heavy atom. The second kappa shape index (κ2) is 6.71. The molecule has 2 aromatic rings. The molecule has 1 atom stereocenters. The maximum Gasteiger partial charge on any atom is 0.0596 e. The Balaban J connectivity index is 2.08.